The Kier molecular flexibility index (Phi) is 5.48. The number of nitrogens with zero attached hydrogens (tertiary/aromatic N) is 1. The zero-order valence-electron chi connectivity index (χ0n) is 12.9. The van der Waals surface area contributed by atoms with Crippen LogP contribution in [0.15, 0.2) is 18.2 Å². The minimum atomic E-state index is -0.105. The van der Waals surface area contributed by atoms with Gasteiger partial charge >= 0.3 is 0 Å². The predicted octanol–water partition coefficient (Wildman–Crippen LogP) is 2.73. The molecule has 21 heavy (non-hydrogen) atoms. The van der Waals surface area contributed by atoms with E-state index in [1.54, 1.807) is 0 Å². The van der Waals surface area contributed by atoms with E-state index >= 15 is 0 Å². The summed E-state index contributed by atoms with van der Waals surface area (Å²) in [5.74, 6) is 0.102. The summed E-state index contributed by atoms with van der Waals surface area (Å²) in [5.41, 5.74) is 2.12. The minimum Gasteiger partial charge on any atom is -0.358 e. The Labute approximate surface area is 131 Å². The maximum atomic E-state index is 12.0. The second-order valence-corrected chi connectivity index (χ2v) is 5.80. The Morgan fingerprint density at radius 2 is 2.24 bits per heavy atom. The number of hydrogen-bond acceptors (Lipinski definition) is 3. The molecule has 0 bridgehead atoms. The molecule has 2 unspecified atom stereocenters. The Morgan fingerprint density at radius 1 is 1.48 bits per heavy atom. The summed E-state index contributed by atoms with van der Waals surface area (Å²) in [7, 11) is 0. The van der Waals surface area contributed by atoms with Crippen LogP contribution in [0.5, 0.6) is 0 Å². The Hall–Kier alpha value is -1.26. The third-order valence-electron chi connectivity index (χ3n) is 4.01. The molecule has 4 nitrogen and oxygen atoms in total. The third-order valence-corrected chi connectivity index (χ3v) is 4.34. The zero-order chi connectivity index (χ0) is 15.4. The van der Waals surface area contributed by atoms with E-state index in [2.05, 4.69) is 41.5 Å². The van der Waals surface area contributed by atoms with E-state index in [-0.39, 0.29) is 18.0 Å². The summed E-state index contributed by atoms with van der Waals surface area (Å²) in [4.78, 5) is 14.1. The van der Waals surface area contributed by atoms with Gasteiger partial charge in [0, 0.05) is 29.8 Å². The number of hydrogen-bond donors (Lipinski definition) is 2. The van der Waals surface area contributed by atoms with Crippen LogP contribution in [0, 0.1) is 0 Å². The molecule has 1 saturated heterocycles. The second-order valence-electron chi connectivity index (χ2n) is 5.39. The fourth-order valence-corrected chi connectivity index (χ4v) is 3.23. The molecule has 0 saturated carbocycles. The van der Waals surface area contributed by atoms with Crippen molar-refractivity contribution in [2.45, 2.75) is 39.3 Å². The summed E-state index contributed by atoms with van der Waals surface area (Å²) in [6.45, 7) is 8.63. The van der Waals surface area contributed by atoms with Crippen molar-refractivity contribution >= 4 is 23.2 Å². The van der Waals surface area contributed by atoms with Gasteiger partial charge in [0.05, 0.1) is 0 Å². The predicted molar refractivity (Wildman–Crippen MR) is 88.0 cm³/mol. The van der Waals surface area contributed by atoms with Crippen molar-refractivity contribution in [2.75, 3.05) is 24.5 Å². The van der Waals surface area contributed by atoms with Crippen molar-refractivity contribution in [3.63, 3.8) is 0 Å². The number of carbonyl (C=O) groups is 1. The average molecular weight is 310 g/mol. The van der Waals surface area contributed by atoms with Crippen molar-refractivity contribution in [3.05, 3.63) is 28.8 Å². The first-order chi connectivity index (χ1) is 10.1. The Morgan fingerprint density at radius 3 is 2.86 bits per heavy atom. The van der Waals surface area contributed by atoms with E-state index < -0.39 is 0 Å². The van der Waals surface area contributed by atoms with E-state index in [4.69, 9.17) is 11.6 Å². The normalized spacial score (nSPS) is 20.3. The van der Waals surface area contributed by atoms with Crippen LogP contribution in [0.2, 0.25) is 5.02 Å². The van der Waals surface area contributed by atoms with Crippen molar-refractivity contribution in [2.24, 2.45) is 0 Å². The van der Waals surface area contributed by atoms with Crippen LogP contribution in [0.4, 0.5) is 5.69 Å². The van der Waals surface area contributed by atoms with Crippen LogP contribution >= 0.6 is 11.6 Å². The smallest absolute Gasteiger partial charge is 0.242 e. The highest BCUT2D eigenvalue weighted by atomic mass is 35.5. The molecule has 0 aliphatic carbocycles. The van der Waals surface area contributed by atoms with E-state index in [9.17, 15) is 4.79 Å². The number of anilines is 1. The molecule has 2 N–H and O–H groups in total. The van der Waals surface area contributed by atoms with Crippen LogP contribution in [-0.2, 0) is 4.79 Å². The van der Waals surface area contributed by atoms with E-state index in [1.165, 1.54) is 0 Å². The molecule has 2 atom stereocenters. The highest BCUT2D eigenvalue weighted by molar-refractivity contribution is 6.31. The largest absolute Gasteiger partial charge is 0.358 e. The van der Waals surface area contributed by atoms with Crippen LogP contribution in [0.1, 0.15) is 38.8 Å². The molecular formula is C16H24ClN3O. The first-order valence-electron chi connectivity index (χ1n) is 7.65. The molecule has 1 aromatic carbocycles. The van der Waals surface area contributed by atoms with Crippen molar-refractivity contribution in [1.29, 1.82) is 0 Å². The van der Waals surface area contributed by atoms with Crippen molar-refractivity contribution < 1.29 is 4.79 Å². The average Bonchev–Trinajstić information content (AvgIpc) is 2.47. The van der Waals surface area contributed by atoms with Gasteiger partial charge in [0.1, 0.15) is 6.04 Å². The lowest BCUT2D eigenvalue weighted by Gasteiger charge is -2.36. The highest BCUT2D eigenvalue weighted by Crippen LogP contribution is 2.29. The summed E-state index contributed by atoms with van der Waals surface area (Å²) in [6.07, 6.45) is 0.791. The molecule has 1 heterocycles. The molecule has 0 spiro atoms. The van der Waals surface area contributed by atoms with Gasteiger partial charge in [-0.05, 0) is 37.6 Å². The topological polar surface area (TPSA) is 44.4 Å². The van der Waals surface area contributed by atoms with E-state index in [1.807, 2.05) is 13.0 Å². The summed E-state index contributed by atoms with van der Waals surface area (Å²) in [5, 5.41) is 7.04. The number of benzene rings is 1. The number of amides is 1. The quantitative estimate of drug-likeness (QED) is 0.879. The maximum Gasteiger partial charge on any atom is 0.242 e. The van der Waals surface area contributed by atoms with Crippen LogP contribution in [0.25, 0.3) is 0 Å². The fraction of sp³-hybridized carbons (Fsp3) is 0.562. The Bertz CT molecular complexity index is 506. The van der Waals surface area contributed by atoms with Gasteiger partial charge in [0.25, 0.3) is 0 Å². The number of carbonyl (C=O) groups excluding carboxylic acids is 1. The van der Waals surface area contributed by atoms with Gasteiger partial charge in [-0.3, -0.25) is 4.79 Å². The lowest BCUT2D eigenvalue weighted by Crippen LogP contribution is -2.55. The monoisotopic (exact) mass is 309 g/mol. The molecule has 2 rings (SSSR count). The number of rotatable bonds is 5. The number of nitrogens with one attached hydrogen (secondary N) is 2. The fourth-order valence-electron chi connectivity index (χ4n) is 2.89. The molecular weight excluding hydrogens is 286 g/mol. The molecule has 1 aromatic rings. The standard InChI is InChI=1S/C16H24ClN3O/c1-4-15-16(21)19-8-9-20(15)12-6-7-13(14(17)10-12)11(3)18-5-2/h6-7,10-11,15,18H,4-5,8-9H2,1-3H3,(H,19,21). The molecule has 1 fully saturated rings. The molecule has 0 radical (unpaired) electrons. The van der Waals surface area contributed by atoms with Crippen molar-refractivity contribution in [1.82, 2.24) is 10.6 Å². The molecule has 1 aliphatic rings. The van der Waals surface area contributed by atoms with Gasteiger partial charge in [-0.1, -0.05) is 31.5 Å². The minimum absolute atomic E-state index is 0.102. The van der Waals surface area contributed by atoms with Gasteiger partial charge in [-0.25, -0.2) is 0 Å². The first-order valence-corrected chi connectivity index (χ1v) is 8.03. The molecule has 0 aromatic heterocycles. The molecule has 116 valence electrons. The first kappa shape index (κ1) is 16.1. The van der Waals surface area contributed by atoms with Gasteiger partial charge < -0.3 is 15.5 Å². The second kappa shape index (κ2) is 7.14. The third kappa shape index (κ3) is 3.50. The van der Waals surface area contributed by atoms with Gasteiger partial charge in [0.15, 0.2) is 0 Å². The van der Waals surface area contributed by atoms with E-state index in [0.717, 1.165) is 35.8 Å². The van der Waals surface area contributed by atoms with Gasteiger partial charge in [0.2, 0.25) is 5.91 Å². The van der Waals surface area contributed by atoms with Crippen LogP contribution in [0.3, 0.4) is 0 Å². The van der Waals surface area contributed by atoms with Crippen LogP contribution in [-0.4, -0.2) is 31.6 Å². The van der Waals surface area contributed by atoms with Crippen molar-refractivity contribution in [3.8, 4) is 0 Å². The summed E-state index contributed by atoms with van der Waals surface area (Å²) < 4.78 is 0. The number of piperazine rings is 1. The lowest BCUT2D eigenvalue weighted by atomic mass is 10.0. The van der Waals surface area contributed by atoms with Crippen LogP contribution < -0.4 is 15.5 Å². The molecule has 1 amide bonds. The highest BCUT2D eigenvalue weighted by Gasteiger charge is 2.28. The lowest BCUT2D eigenvalue weighted by molar-refractivity contribution is -0.123. The van der Waals surface area contributed by atoms with E-state index in [0.29, 0.717) is 6.54 Å². The zero-order valence-corrected chi connectivity index (χ0v) is 13.7. The Balaban J connectivity index is 2.24. The van der Waals surface area contributed by atoms with Gasteiger partial charge in [-0.2, -0.15) is 0 Å². The van der Waals surface area contributed by atoms with Gasteiger partial charge in [-0.15, -0.1) is 0 Å². The molecule has 1 aliphatic heterocycles. The SMILES string of the molecule is CCNC(C)c1ccc(N2CCNC(=O)C2CC)cc1Cl. The summed E-state index contributed by atoms with van der Waals surface area (Å²) >= 11 is 6.44. The summed E-state index contributed by atoms with van der Waals surface area (Å²) in [6, 6.07) is 6.22. The molecule has 5 heteroatoms. The maximum absolute atomic E-state index is 12.0. The number of halogens is 1.